The number of aromatic nitrogens is 3. The van der Waals surface area contributed by atoms with Crippen molar-refractivity contribution >= 4 is 28.6 Å². The average Bonchev–Trinajstić information content (AvgIpc) is 3.45. The maximum absolute atomic E-state index is 13.5. The van der Waals surface area contributed by atoms with E-state index in [4.69, 9.17) is 26.1 Å². The summed E-state index contributed by atoms with van der Waals surface area (Å²) in [5, 5.41) is 10.1. The number of hydrogen-bond donors (Lipinski definition) is 2. The molecule has 0 aliphatic carbocycles. The van der Waals surface area contributed by atoms with Crippen LogP contribution in [0.4, 0.5) is 5.69 Å². The normalized spacial score (nSPS) is 20.5. The second-order valence-corrected chi connectivity index (χ2v) is 8.92. The van der Waals surface area contributed by atoms with E-state index in [9.17, 15) is 4.79 Å². The van der Waals surface area contributed by atoms with E-state index in [-0.39, 0.29) is 11.7 Å². The minimum absolute atomic E-state index is 0.182. The highest BCUT2D eigenvalue weighted by Crippen LogP contribution is 2.36. The molecule has 0 spiro atoms. The number of halogens is 1. The Morgan fingerprint density at radius 3 is 2.91 bits per heavy atom. The zero-order valence-corrected chi connectivity index (χ0v) is 20.0. The second-order valence-electron chi connectivity index (χ2n) is 7.61. The first-order valence-corrected chi connectivity index (χ1v) is 11.6. The predicted octanol–water partition coefficient (Wildman–Crippen LogP) is 3.19. The van der Waals surface area contributed by atoms with Crippen LogP contribution in [0.1, 0.15) is 17.6 Å². The molecule has 0 radical (unpaired) electrons. The molecule has 0 saturated carbocycles. The zero-order valence-electron chi connectivity index (χ0n) is 18.4. The monoisotopic (exact) mass is 475 g/mol. The van der Waals surface area contributed by atoms with Gasteiger partial charge in [-0.1, -0.05) is 11.6 Å². The Morgan fingerprint density at radius 1 is 1.44 bits per heavy atom. The molecule has 0 bridgehead atoms. The van der Waals surface area contributed by atoms with Crippen LogP contribution in [-0.2, 0) is 17.3 Å². The van der Waals surface area contributed by atoms with Crippen molar-refractivity contribution in [3.63, 3.8) is 0 Å². The lowest BCUT2D eigenvalue weighted by Crippen LogP contribution is -2.49. The average molecular weight is 476 g/mol. The summed E-state index contributed by atoms with van der Waals surface area (Å²) < 4.78 is 12.8. The highest BCUT2D eigenvalue weighted by atomic mass is 35.5. The zero-order chi connectivity index (χ0) is 22.9. The Bertz CT molecular complexity index is 1170. The van der Waals surface area contributed by atoms with Gasteiger partial charge in [0.2, 0.25) is 0 Å². The summed E-state index contributed by atoms with van der Waals surface area (Å²) in [6.07, 6.45) is 1.58. The van der Waals surface area contributed by atoms with Gasteiger partial charge in [-0.3, -0.25) is 9.36 Å². The van der Waals surface area contributed by atoms with Crippen molar-refractivity contribution in [3.05, 3.63) is 55.9 Å². The molecule has 1 saturated heterocycles. The molecule has 4 rings (SSSR count). The topological polar surface area (TPSA) is 90.3 Å². The minimum atomic E-state index is -0.665. The van der Waals surface area contributed by atoms with Crippen LogP contribution in [0.2, 0.25) is 5.02 Å². The van der Waals surface area contributed by atoms with Crippen molar-refractivity contribution in [1.82, 2.24) is 19.9 Å². The maximum atomic E-state index is 13.5. The Kier molecular flexibility index (Phi) is 6.52. The molecule has 170 valence electrons. The molecule has 2 atom stereocenters. The van der Waals surface area contributed by atoms with E-state index in [0.29, 0.717) is 53.2 Å². The predicted molar refractivity (Wildman–Crippen MR) is 127 cm³/mol. The molecule has 2 N–H and O–H groups in total. The fourth-order valence-corrected chi connectivity index (χ4v) is 5.14. The molecule has 1 fully saturated rings. The number of ether oxygens (including phenoxy) is 2. The lowest BCUT2D eigenvalue weighted by Gasteiger charge is -2.34. The van der Waals surface area contributed by atoms with Gasteiger partial charge < -0.3 is 20.1 Å². The third-order valence-corrected chi connectivity index (χ3v) is 6.97. The van der Waals surface area contributed by atoms with E-state index in [2.05, 4.69) is 15.6 Å². The van der Waals surface area contributed by atoms with Crippen LogP contribution in [0.5, 0.6) is 5.75 Å². The van der Waals surface area contributed by atoms with Gasteiger partial charge in [0.05, 0.1) is 17.8 Å². The standard InChI is InChI=1S/C22H26ClN5O3S/c1-5-31-17-11-24-12-22(17,21-25-8-9-32-21)27-18-13(2)26-19(28(3)20(18)29)15-7-6-14(30-4)10-16(15)23/h6-10,17,24,27H,5,11-12H2,1-4H3/t17-,22+/m0/s1. The van der Waals surface area contributed by atoms with E-state index >= 15 is 0 Å². The van der Waals surface area contributed by atoms with Crippen molar-refractivity contribution in [2.45, 2.75) is 25.5 Å². The van der Waals surface area contributed by atoms with Gasteiger partial charge in [0.1, 0.15) is 33.9 Å². The Labute approximate surface area is 195 Å². The minimum Gasteiger partial charge on any atom is -0.497 e. The number of aryl methyl sites for hydroxylation is 1. The number of rotatable bonds is 7. The van der Waals surface area contributed by atoms with Gasteiger partial charge >= 0.3 is 0 Å². The van der Waals surface area contributed by atoms with Crippen molar-refractivity contribution in [3.8, 4) is 17.1 Å². The van der Waals surface area contributed by atoms with E-state index in [1.807, 2.05) is 19.2 Å². The summed E-state index contributed by atoms with van der Waals surface area (Å²) in [6.45, 7) is 5.58. The number of nitrogens with zero attached hydrogens (tertiary/aromatic N) is 3. The molecule has 0 unspecified atom stereocenters. The van der Waals surface area contributed by atoms with Crippen LogP contribution in [0, 0.1) is 6.92 Å². The van der Waals surface area contributed by atoms with Crippen LogP contribution in [0.15, 0.2) is 34.6 Å². The van der Waals surface area contributed by atoms with Gasteiger partial charge in [-0.25, -0.2) is 9.97 Å². The third kappa shape index (κ3) is 3.90. The summed E-state index contributed by atoms with van der Waals surface area (Å²) in [5.41, 5.74) is 0.795. The summed E-state index contributed by atoms with van der Waals surface area (Å²) in [5.74, 6) is 1.12. The molecule has 8 nitrogen and oxygen atoms in total. The smallest absolute Gasteiger partial charge is 0.277 e. The van der Waals surface area contributed by atoms with Crippen LogP contribution in [-0.4, -0.2) is 47.4 Å². The fraction of sp³-hybridized carbons (Fsp3) is 0.409. The quantitative estimate of drug-likeness (QED) is 0.542. The molecular formula is C22H26ClN5O3S. The van der Waals surface area contributed by atoms with Gasteiger partial charge in [-0.15, -0.1) is 11.3 Å². The summed E-state index contributed by atoms with van der Waals surface area (Å²) in [7, 11) is 3.27. The van der Waals surface area contributed by atoms with Gasteiger partial charge in [0, 0.05) is 43.9 Å². The number of benzene rings is 1. The molecule has 1 aliphatic heterocycles. The van der Waals surface area contributed by atoms with Crippen LogP contribution < -0.4 is 20.9 Å². The molecular weight excluding hydrogens is 450 g/mol. The van der Waals surface area contributed by atoms with E-state index < -0.39 is 5.54 Å². The SMILES string of the molecule is CCO[C@H]1CNC[C@]1(Nc1c(C)nc(-c2ccc(OC)cc2Cl)n(C)c1=O)c1nccs1. The first-order chi connectivity index (χ1) is 15.4. The number of hydrogen-bond acceptors (Lipinski definition) is 8. The van der Waals surface area contributed by atoms with Crippen LogP contribution >= 0.6 is 22.9 Å². The molecule has 1 aromatic carbocycles. The first kappa shape index (κ1) is 22.7. The van der Waals surface area contributed by atoms with Gasteiger partial charge in [-0.2, -0.15) is 0 Å². The molecule has 3 heterocycles. The van der Waals surface area contributed by atoms with Crippen molar-refractivity contribution in [2.24, 2.45) is 7.05 Å². The molecule has 0 amide bonds. The van der Waals surface area contributed by atoms with Gasteiger partial charge in [0.25, 0.3) is 5.56 Å². The summed E-state index contributed by atoms with van der Waals surface area (Å²) in [6, 6.07) is 5.31. The lowest BCUT2D eigenvalue weighted by molar-refractivity contribution is 0.0396. The summed E-state index contributed by atoms with van der Waals surface area (Å²) >= 11 is 7.99. The highest BCUT2D eigenvalue weighted by molar-refractivity contribution is 7.09. The second kappa shape index (κ2) is 9.19. The van der Waals surface area contributed by atoms with Crippen LogP contribution in [0.3, 0.4) is 0 Å². The summed E-state index contributed by atoms with van der Waals surface area (Å²) in [4.78, 5) is 22.8. The third-order valence-electron chi connectivity index (χ3n) is 5.70. The largest absolute Gasteiger partial charge is 0.497 e. The highest BCUT2D eigenvalue weighted by Gasteiger charge is 2.48. The number of nitrogens with one attached hydrogen (secondary N) is 2. The fourth-order valence-electron chi connectivity index (χ4n) is 4.05. The van der Waals surface area contributed by atoms with Crippen molar-refractivity contribution < 1.29 is 9.47 Å². The number of anilines is 1. The van der Waals surface area contributed by atoms with Crippen molar-refractivity contribution in [1.29, 1.82) is 0 Å². The van der Waals surface area contributed by atoms with E-state index in [1.165, 1.54) is 15.9 Å². The molecule has 32 heavy (non-hydrogen) atoms. The van der Waals surface area contributed by atoms with E-state index in [0.717, 1.165) is 5.01 Å². The molecule has 10 heteroatoms. The molecule has 1 aliphatic rings. The lowest BCUT2D eigenvalue weighted by atomic mass is 9.95. The maximum Gasteiger partial charge on any atom is 0.277 e. The first-order valence-electron chi connectivity index (χ1n) is 10.3. The van der Waals surface area contributed by atoms with Gasteiger partial charge in [0.15, 0.2) is 0 Å². The Morgan fingerprint density at radius 2 is 2.25 bits per heavy atom. The Balaban J connectivity index is 1.80. The van der Waals surface area contributed by atoms with Crippen molar-refractivity contribution in [2.75, 3.05) is 32.1 Å². The molecule has 3 aromatic rings. The molecule has 2 aromatic heterocycles. The Hall–Kier alpha value is -2.46. The number of thiazole rings is 1. The van der Waals surface area contributed by atoms with E-state index in [1.54, 1.807) is 38.6 Å². The number of methoxy groups -OCH3 is 1. The van der Waals surface area contributed by atoms with Gasteiger partial charge in [-0.05, 0) is 32.0 Å². The van der Waals surface area contributed by atoms with Crippen LogP contribution in [0.25, 0.3) is 11.4 Å².